The molecule has 0 fully saturated rings. The number of hydrogen-bond donors (Lipinski definition) is 0. The van der Waals surface area contributed by atoms with Crippen LogP contribution in [0.15, 0.2) is 133 Å². The molecule has 0 heterocycles. The van der Waals surface area contributed by atoms with Gasteiger partial charge in [0.15, 0.2) is 0 Å². The fourth-order valence-electron chi connectivity index (χ4n) is 4.69. The fourth-order valence-corrected chi connectivity index (χ4v) is 4.69. The van der Waals surface area contributed by atoms with E-state index in [1.165, 1.54) is 45.0 Å². The highest BCUT2D eigenvalue weighted by Gasteiger charge is 2.17. The lowest BCUT2D eigenvalue weighted by molar-refractivity contribution is 1.09. The Balaban J connectivity index is 0.00000134. The molecule has 39 heavy (non-hydrogen) atoms. The largest absolute Gasteiger partial charge is 0.310 e. The molecule has 1 nitrogen and oxygen atoms in total. The molecule has 0 aliphatic carbocycles. The van der Waals surface area contributed by atoms with Gasteiger partial charge in [0, 0.05) is 16.8 Å². The van der Waals surface area contributed by atoms with Crippen molar-refractivity contribution in [3.63, 3.8) is 0 Å². The Bertz CT molecular complexity index is 1490. The number of anilines is 2. The van der Waals surface area contributed by atoms with E-state index in [9.17, 15) is 0 Å². The summed E-state index contributed by atoms with van der Waals surface area (Å²) in [5.74, 6) is 0. The van der Waals surface area contributed by atoms with Gasteiger partial charge in [0.2, 0.25) is 0 Å². The Hall–Kier alpha value is -4.10. The third-order valence-corrected chi connectivity index (χ3v) is 6.26. The molecule has 4 aromatic rings. The van der Waals surface area contributed by atoms with E-state index in [1.807, 2.05) is 6.92 Å². The second-order valence-corrected chi connectivity index (χ2v) is 10.2. The Labute approximate surface area is 236 Å². The van der Waals surface area contributed by atoms with Crippen LogP contribution in [-0.2, 0) is 0 Å². The molecule has 0 N–H and O–H groups in total. The lowest BCUT2D eigenvalue weighted by atomic mass is 9.94. The number of fused-ring (bicyclic) bond motifs is 1. The standard InChI is InChI=1S/C35H35N.C3H8/c1-7-32(33-16-10-8-13-27(33)6)29-19-21-30(22-20-29)36(31(23-25(2)3)24-26(4)5)35-18-12-15-28-14-9-11-17-34(28)35;1-3-2/h7-24H,2H2,1,3-6H3;3H2,1-2H3/b31-23+,32-7-;. The van der Waals surface area contributed by atoms with Crippen LogP contribution in [0.5, 0.6) is 0 Å². The topological polar surface area (TPSA) is 3.24 Å². The van der Waals surface area contributed by atoms with E-state index in [4.69, 9.17) is 0 Å². The average molecular weight is 514 g/mol. The minimum atomic E-state index is 1.01. The molecule has 4 aromatic carbocycles. The van der Waals surface area contributed by atoms with E-state index in [0.29, 0.717) is 0 Å². The van der Waals surface area contributed by atoms with Crippen LogP contribution >= 0.6 is 0 Å². The van der Waals surface area contributed by atoms with E-state index >= 15 is 0 Å². The maximum absolute atomic E-state index is 4.18. The van der Waals surface area contributed by atoms with Crippen molar-refractivity contribution in [2.24, 2.45) is 0 Å². The molecule has 200 valence electrons. The van der Waals surface area contributed by atoms with Crippen LogP contribution in [0.2, 0.25) is 0 Å². The maximum Gasteiger partial charge on any atom is 0.0540 e. The van der Waals surface area contributed by atoms with Crippen LogP contribution in [0.4, 0.5) is 11.4 Å². The monoisotopic (exact) mass is 513 g/mol. The van der Waals surface area contributed by atoms with Crippen LogP contribution in [0.1, 0.15) is 64.7 Å². The molecule has 4 rings (SSSR count). The van der Waals surface area contributed by atoms with Crippen molar-refractivity contribution in [3.8, 4) is 0 Å². The molecule has 0 unspecified atom stereocenters. The van der Waals surface area contributed by atoms with Crippen molar-refractivity contribution in [1.29, 1.82) is 0 Å². The highest BCUT2D eigenvalue weighted by molar-refractivity contribution is 5.97. The molecule has 0 bridgehead atoms. The maximum atomic E-state index is 4.18. The summed E-state index contributed by atoms with van der Waals surface area (Å²) in [4.78, 5) is 2.34. The summed E-state index contributed by atoms with van der Waals surface area (Å²) in [6, 6.07) is 32.6. The Kier molecular flexibility index (Phi) is 10.7. The zero-order chi connectivity index (χ0) is 28.4. The predicted octanol–water partition coefficient (Wildman–Crippen LogP) is 11.6. The molecule has 0 spiro atoms. The fraction of sp³-hybridized carbons (Fsp3) is 0.211. The summed E-state index contributed by atoms with van der Waals surface area (Å²) < 4.78 is 0. The van der Waals surface area contributed by atoms with Crippen LogP contribution in [0.25, 0.3) is 16.3 Å². The zero-order valence-corrected chi connectivity index (χ0v) is 24.8. The minimum absolute atomic E-state index is 1.01. The minimum Gasteiger partial charge on any atom is -0.310 e. The highest BCUT2D eigenvalue weighted by atomic mass is 15.1. The quantitative estimate of drug-likeness (QED) is 0.222. The number of benzene rings is 4. The van der Waals surface area contributed by atoms with Crippen molar-refractivity contribution >= 4 is 27.7 Å². The first-order chi connectivity index (χ1) is 18.8. The number of hydrogen-bond acceptors (Lipinski definition) is 1. The average Bonchev–Trinajstić information content (AvgIpc) is 2.91. The van der Waals surface area contributed by atoms with Gasteiger partial charge in [0.1, 0.15) is 0 Å². The molecule has 0 radical (unpaired) electrons. The van der Waals surface area contributed by atoms with E-state index in [0.717, 1.165) is 22.6 Å². The summed E-state index contributed by atoms with van der Waals surface area (Å²) in [7, 11) is 0. The Morgan fingerprint density at radius 2 is 1.38 bits per heavy atom. The summed E-state index contributed by atoms with van der Waals surface area (Å²) in [6.45, 7) is 19.0. The third-order valence-electron chi connectivity index (χ3n) is 6.26. The van der Waals surface area contributed by atoms with Crippen molar-refractivity contribution in [2.45, 2.75) is 54.9 Å². The molecule has 0 aromatic heterocycles. The summed E-state index contributed by atoms with van der Waals surface area (Å²) in [6.07, 6.45) is 7.85. The predicted molar refractivity (Wildman–Crippen MR) is 175 cm³/mol. The second kappa shape index (κ2) is 14.2. The molecular formula is C38H43N. The summed E-state index contributed by atoms with van der Waals surface area (Å²) >= 11 is 0. The van der Waals surface area contributed by atoms with Crippen LogP contribution in [0, 0.1) is 6.92 Å². The normalized spacial score (nSPS) is 11.5. The number of aryl methyl sites for hydroxylation is 1. The van der Waals surface area contributed by atoms with Crippen molar-refractivity contribution in [3.05, 3.63) is 149 Å². The van der Waals surface area contributed by atoms with Crippen molar-refractivity contribution in [2.75, 3.05) is 4.90 Å². The molecular weight excluding hydrogens is 470 g/mol. The first kappa shape index (κ1) is 29.5. The van der Waals surface area contributed by atoms with Crippen LogP contribution in [-0.4, -0.2) is 0 Å². The lowest BCUT2D eigenvalue weighted by Crippen LogP contribution is -2.16. The molecule has 0 aliphatic rings. The summed E-state index contributed by atoms with van der Waals surface area (Å²) in [5, 5.41) is 2.44. The first-order valence-electron chi connectivity index (χ1n) is 13.9. The SMILES string of the molecule is C=C(C)/C=C(\C=C(C)C)N(c1ccc(/C(=C/C)c2ccccc2C)cc1)c1cccc2ccccc12.CCC. The second-order valence-electron chi connectivity index (χ2n) is 10.2. The van der Waals surface area contributed by atoms with E-state index < -0.39 is 0 Å². The summed E-state index contributed by atoms with van der Waals surface area (Å²) in [5.41, 5.74) is 10.6. The number of nitrogens with zero attached hydrogens (tertiary/aromatic N) is 1. The smallest absolute Gasteiger partial charge is 0.0540 e. The molecule has 0 aliphatic heterocycles. The van der Waals surface area contributed by atoms with Gasteiger partial charge in [-0.2, -0.15) is 0 Å². The van der Waals surface area contributed by atoms with Gasteiger partial charge in [-0.15, -0.1) is 0 Å². The van der Waals surface area contributed by atoms with Gasteiger partial charge in [0.05, 0.1) is 5.69 Å². The molecule has 0 atom stereocenters. The van der Waals surface area contributed by atoms with Gasteiger partial charge in [0.25, 0.3) is 0 Å². The highest BCUT2D eigenvalue weighted by Crippen LogP contribution is 2.37. The Morgan fingerprint density at radius 3 is 2.00 bits per heavy atom. The number of allylic oxidation sites excluding steroid dienone is 5. The Morgan fingerprint density at radius 1 is 0.769 bits per heavy atom. The number of rotatable bonds is 7. The molecule has 1 heteroatoms. The zero-order valence-electron chi connectivity index (χ0n) is 24.8. The lowest BCUT2D eigenvalue weighted by Gasteiger charge is -2.28. The van der Waals surface area contributed by atoms with Crippen LogP contribution in [0.3, 0.4) is 0 Å². The van der Waals surface area contributed by atoms with E-state index in [-0.39, 0.29) is 0 Å². The van der Waals surface area contributed by atoms with Crippen molar-refractivity contribution in [1.82, 2.24) is 0 Å². The molecule has 0 amide bonds. The first-order valence-corrected chi connectivity index (χ1v) is 13.9. The third kappa shape index (κ3) is 7.48. The van der Waals surface area contributed by atoms with E-state index in [1.54, 1.807) is 0 Å². The van der Waals surface area contributed by atoms with Gasteiger partial charge in [-0.25, -0.2) is 0 Å². The molecule has 0 saturated heterocycles. The van der Waals surface area contributed by atoms with Gasteiger partial charge in [-0.3, -0.25) is 0 Å². The van der Waals surface area contributed by atoms with Gasteiger partial charge in [-0.05, 0) is 92.6 Å². The van der Waals surface area contributed by atoms with Crippen LogP contribution < -0.4 is 4.90 Å². The van der Waals surface area contributed by atoms with Crippen molar-refractivity contribution < 1.29 is 0 Å². The van der Waals surface area contributed by atoms with Gasteiger partial charge < -0.3 is 4.90 Å². The van der Waals surface area contributed by atoms with E-state index in [2.05, 4.69) is 162 Å². The molecule has 0 saturated carbocycles. The van der Waals surface area contributed by atoms with Gasteiger partial charge >= 0.3 is 0 Å². The van der Waals surface area contributed by atoms with Gasteiger partial charge in [-0.1, -0.05) is 117 Å².